The zero-order valence-electron chi connectivity index (χ0n) is 16.1. The number of nitrogens with one attached hydrogen (secondary N) is 1. The van der Waals surface area contributed by atoms with E-state index in [1.165, 1.54) is 5.56 Å². The van der Waals surface area contributed by atoms with Crippen LogP contribution in [0.3, 0.4) is 0 Å². The van der Waals surface area contributed by atoms with E-state index in [0.717, 1.165) is 73.6 Å². The minimum atomic E-state index is 0.365. The van der Waals surface area contributed by atoms with E-state index in [2.05, 4.69) is 40.5 Å². The van der Waals surface area contributed by atoms with Crippen molar-refractivity contribution in [3.63, 3.8) is 0 Å². The van der Waals surface area contributed by atoms with Crippen molar-refractivity contribution in [1.82, 2.24) is 19.5 Å². The number of benzene rings is 1. The Hall–Kier alpha value is -2.60. The molecule has 2 heterocycles. The summed E-state index contributed by atoms with van der Waals surface area (Å²) in [6.45, 7) is 5.03. The van der Waals surface area contributed by atoms with E-state index >= 15 is 0 Å². The number of hydrogen-bond donors (Lipinski definition) is 2. The van der Waals surface area contributed by atoms with Gasteiger partial charge in [-0.3, -0.25) is 4.40 Å². The summed E-state index contributed by atoms with van der Waals surface area (Å²) in [5, 5.41) is 23.0. The normalized spacial score (nSPS) is 13.4. The van der Waals surface area contributed by atoms with Gasteiger partial charge in [0, 0.05) is 24.8 Å². The average Bonchev–Trinajstić information content (AvgIpc) is 3.32. The van der Waals surface area contributed by atoms with Crippen LogP contribution in [0.5, 0.6) is 5.75 Å². The van der Waals surface area contributed by atoms with Crippen molar-refractivity contribution in [2.24, 2.45) is 0 Å². The minimum absolute atomic E-state index is 0.365. The van der Waals surface area contributed by atoms with Gasteiger partial charge in [-0.15, -0.1) is 10.2 Å². The number of fused-ring (bicyclic) bond motifs is 2. The molecule has 0 amide bonds. The standard InChI is InChI=1S/C21H27N5O/c1-3-12-25(2)14-11-22-21-24-23-19(18-8-5-13-26(18)21)17-10-9-15-6-4-7-16(15)20(17)27/h5,8-10,13,27H,3-4,6-7,11-12,14H2,1-2H3,(H,22,24). The fraction of sp³-hybridized carbons (Fsp3) is 0.429. The summed E-state index contributed by atoms with van der Waals surface area (Å²) < 4.78 is 2.01. The van der Waals surface area contributed by atoms with Gasteiger partial charge >= 0.3 is 0 Å². The maximum absolute atomic E-state index is 10.8. The first-order chi connectivity index (χ1) is 13.2. The SMILES string of the molecule is CCCN(C)CCNc1nnc(-c2ccc3c(c2O)CCC3)c2cccn12. The predicted octanol–water partition coefficient (Wildman–Crippen LogP) is 3.34. The molecule has 1 aromatic carbocycles. The van der Waals surface area contributed by atoms with Crippen LogP contribution >= 0.6 is 0 Å². The highest BCUT2D eigenvalue weighted by Crippen LogP contribution is 2.39. The van der Waals surface area contributed by atoms with E-state index < -0.39 is 0 Å². The van der Waals surface area contributed by atoms with Crippen molar-refractivity contribution < 1.29 is 5.11 Å². The highest BCUT2D eigenvalue weighted by molar-refractivity contribution is 5.82. The number of likely N-dealkylation sites (N-methyl/N-ethyl adjacent to an activating group) is 1. The lowest BCUT2D eigenvalue weighted by molar-refractivity contribution is 0.347. The molecule has 142 valence electrons. The van der Waals surface area contributed by atoms with E-state index in [-0.39, 0.29) is 0 Å². The molecule has 0 radical (unpaired) electrons. The molecule has 6 nitrogen and oxygen atoms in total. The molecule has 0 saturated heterocycles. The predicted molar refractivity (Wildman–Crippen MR) is 108 cm³/mol. The summed E-state index contributed by atoms with van der Waals surface area (Å²) in [6.07, 6.45) is 6.22. The molecular weight excluding hydrogens is 338 g/mol. The number of aromatic hydroxyl groups is 1. The number of aryl methyl sites for hydroxylation is 1. The van der Waals surface area contributed by atoms with Crippen LogP contribution in [0.25, 0.3) is 16.8 Å². The summed E-state index contributed by atoms with van der Waals surface area (Å²) in [7, 11) is 2.13. The number of hydrogen-bond acceptors (Lipinski definition) is 5. The second-order valence-electron chi connectivity index (χ2n) is 7.32. The number of rotatable bonds is 7. The van der Waals surface area contributed by atoms with Gasteiger partial charge < -0.3 is 15.3 Å². The fourth-order valence-corrected chi connectivity index (χ4v) is 3.96. The Labute approximate surface area is 159 Å². The Kier molecular flexibility index (Phi) is 4.99. The van der Waals surface area contributed by atoms with Crippen LogP contribution < -0.4 is 5.32 Å². The van der Waals surface area contributed by atoms with Crippen molar-refractivity contribution >= 4 is 11.5 Å². The van der Waals surface area contributed by atoms with Crippen LogP contribution in [0.15, 0.2) is 30.5 Å². The monoisotopic (exact) mass is 365 g/mol. The summed E-state index contributed by atoms with van der Waals surface area (Å²) >= 11 is 0. The largest absolute Gasteiger partial charge is 0.507 e. The first-order valence-corrected chi connectivity index (χ1v) is 9.79. The van der Waals surface area contributed by atoms with Crippen LogP contribution in [0.1, 0.15) is 30.9 Å². The zero-order valence-corrected chi connectivity index (χ0v) is 16.1. The van der Waals surface area contributed by atoms with Gasteiger partial charge in [0.2, 0.25) is 5.95 Å². The summed E-state index contributed by atoms with van der Waals surface area (Å²) in [5.74, 6) is 1.09. The van der Waals surface area contributed by atoms with Crippen molar-refractivity contribution in [1.29, 1.82) is 0 Å². The maximum atomic E-state index is 10.8. The lowest BCUT2D eigenvalue weighted by Gasteiger charge is -2.16. The first kappa shape index (κ1) is 17.8. The van der Waals surface area contributed by atoms with E-state index in [4.69, 9.17) is 0 Å². The summed E-state index contributed by atoms with van der Waals surface area (Å²) in [6, 6.07) is 8.10. The zero-order chi connectivity index (χ0) is 18.8. The Morgan fingerprint density at radius 1 is 1.19 bits per heavy atom. The van der Waals surface area contributed by atoms with Crippen molar-refractivity contribution in [3.8, 4) is 17.0 Å². The van der Waals surface area contributed by atoms with Crippen LogP contribution in [-0.4, -0.2) is 51.3 Å². The van der Waals surface area contributed by atoms with Gasteiger partial charge in [-0.25, -0.2) is 0 Å². The van der Waals surface area contributed by atoms with Gasteiger partial charge in [-0.2, -0.15) is 0 Å². The minimum Gasteiger partial charge on any atom is -0.507 e. The molecule has 27 heavy (non-hydrogen) atoms. The Morgan fingerprint density at radius 3 is 2.93 bits per heavy atom. The van der Waals surface area contributed by atoms with E-state index in [1.54, 1.807) is 0 Å². The molecule has 2 aromatic heterocycles. The van der Waals surface area contributed by atoms with Gasteiger partial charge in [0.25, 0.3) is 0 Å². The molecule has 1 aliphatic rings. The maximum Gasteiger partial charge on any atom is 0.227 e. The third-order valence-corrected chi connectivity index (χ3v) is 5.35. The Bertz CT molecular complexity index is 949. The molecule has 0 bridgehead atoms. The molecule has 3 aromatic rings. The molecule has 0 fully saturated rings. The Balaban J connectivity index is 1.62. The average molecular weight is 365 g/mol. The number of nitrogens with zero attached hydrogens (tertiary/aromatic N) is 4. The third-order valence-electron chi connectivity index (χ3n) is 5.35. The molecule has 0 atom stereocenters. The fourth-order valence-electron chi connectivity index (χ4n) is 3.96. The molecule has 0 saturated carbocycles. The van der Waals surface area contributed by atoms with E-state index in [0.29, 0.717) is 5.75 Å². The van der Waals surface area contributed by atoms with E-state index in [1.807, 2.05) is 28.8 Å². The Morgan fingerprint density at radius 2 is 2.07 bits per heavy atom. The molecule has 0 aliphatic heterocycles. The quantitative estimate of drug-likeness (QED) is 0.672. The van der Waals surface area contributed by atoms with E-state index in [9.17, 15) is 5.11 Å². The van der Waals surface area contributed by atoms with Gasteiger partial charge in [-0.1, -0.05) is 13.0 Å². The van der Waals surface area contributed by atoms with Crippen LogP contribution in [-0.2, 0) is 12.8 Å². The smallest absolute Gasteiger partial charge is 0.227 e. The summed E-state index contributed by atoms with van der Waals surface area (Å²) in [4.78, 5) is 2.30. The van der Waals surface area contributed by atoms with Crippen LogP contribution in [0.2, 0.25) is 0 Å². The molecule has 1 aliphatic carbocycles. The molecule has 4 rings (SSSR count). The van der Waals surface area contributed by atoms with Crippen LogP contribution in [0.4, 0.5) is 5.95 Å². The topological polar surface area (TPSA) is 65.7 Å². The highest BCUT2D eigenvalue weighted by atomic mass is 16.3. The van der Waals surface area contributed by atoms with Gasteiger partial charge in [0.05, 0.1) is 5.52 Å². The second-order valence-corrected chi connectivity index (χ2v) is 7.32. The molecule has 6 heteroatoms. The summed E-state index contributed by atoms with van der Waals surface area (Å²) in [5.41, 5.74) is 4.76. The van der Waals surface area contributed by atoms with Gasteiger partial charge in [0.1, 0.15) is 11.4 Å². The number of anilines is 1. The van der Waals surface area contributed by atoms with Crippen molar-refractivity contribution in [3.05, 3.63) is 41.6 Å². The second kappa shape index (κ2) is 7.56. The molecular formula is C21H27N5O. The third kappa shape index (κ3) is 3.37. The van der Waals surface area contributed by atoms with Gasteiger partial charge in [-0.05, 0) is 68.6 Å². The molecule has 0 spiro atoms. The first-order valence-electron chi connectivity index (χ1n) is 9.79. The van der Waals surface area contributed by atoms with Crippen molar-refractivity contribution in [2.45, 2.75) is 32.6 Å². The van der Waals surface area contributed by atoms with Crippen molar-refractivity contribution in [2.75, 3.05) is 32.0 Å². The highest BCUT2D eigenvalue weighted by Gasteiger charge is 2.21. The number of aromatic nitrogens is 3. The lowest BCUT2D eigenvalue weighted by Crippen LogP contribution is -2.26. The molecule has 2 N–H and O–H groups in total. The number of phenols is 1. The number of phenolic OH excluding ortho intramolecular Hbond substituents is 1. The molecule has 0 unspecified atom stereocenters. The lowest BCUT2D eigenvalue weighted by atomic mass is 10.0. The van der Waals surface area contributed by atoms with Gasteiger partial charge in [0.15, 0.2) is 0 Å². The van der Waals surface area contributed by atoms with Crippen LogP contribution in [0, 0.1) is 0 Å².